The number of primary amides is 1. The number of nitrogens with two attached hydrogens (primary N) is 1. The van der Waals surface area contributed by atoms with Crippen LogP contribution in [0.15, 0.2) is 16.9 Å². The number of carbonyl (C=O) groups is 1. The molecule has 0 radical (unpaired) electrons. The third-order valence-corrected chi connectivity index (χ3v) is 1.60. The maximum atomic E-state index is 10.8. The van der Waals surface area contributed by atoms with Gasteiger partial charge < -0.3 is 10.7 Å². The molecule has 14 heavy (non-hydrogen) atoms. The first kappa shape index (κ1) is 10.1. The minimum Gasteiger partial charge on any atom is -0.369 e. The van der Waals surface area contributed by atoms with Gasteiger partial charge in [0.05, 0.1) is 6.42 Å². The van der Waals surface area contributed by atoms with Crippen LogP contribution in [-0.2, 0) is 4.79 Å². The maximum absolute atomic E-state index is 10.8. The van der Waals surface area contributed by atoms with Crippen LogP contribution in [0.2, 0.25) is 0 Å². The van der Waals surface area contributed by atoms with Gasteiger partial charge in [0.25, 0.3) is 0 Å². The zero-order valence-electron chi connectivity index (χ0n) is 7.76. The van der Waals surface area contributed by atoms with Crippen LogP contribution in [-0.4, -0.2) is 10.9 Å². The molecule has 0 saturated heterocycles. The van der Waals surface area contributed by atoms with E-state index in [0.29, 0.717) is 11.3 Å². The molecule has 1 amide bonds. The van der Waals surface area contributed by atoms with Gasteiger partial charge in [0, 0.05) is 17.3 Å². The largest absolute Gasteiger partial charge is 0.369 e. The summed E-state index contributed by atoms with van der Waals surface area (Å²) in [6.45, 7) is 1.75. The van der Waals surface area contributed by atoms with Crippen molar-refractivity contribution >= 4 is 5.91 Å². The van der Waals surface area contributed by atoms with Crippen LogP contribution in [0.1, 0.15) is 17.7 Å². The van der Waals surface area contributed by atoms with Gasteiger partial charge in [0.1, 0.15) is 0 Å². The molecule has 0 aliphatic rings. The molecule has 1 aromatic rings. The van der Waals surface area contributed by atoms with Gasteiger partial charge in [-0.15, -0.1) is 0 Å². The summed E-state index contributed by atoms with van der Waals surface area (Å²) >= 11 is 0. The molecule has 1 rings (SSSR count). The fourth-order valence-corrected chi connectivity index (χ4v) is 0.940. The standard InChI is InChI=1S/C10H10N2O2/c1-7-8(3-2-4-9(11)13)5-6-10(14)12-7/h5-6H,4H2,1H3,(H2,11,13)(H,12,14). The minimum absolute atomic E-state index is 0.0264. The number of aromatic nitrogens is 1. The highest BCUT2D eigenvalue weighted by molar-refractivity contribution is 5.76. The Balaban J connectivity index is 2.90. The lowest BCUT2D eigenvalue weighted by Crippen LogP contribution is -2.08. The summed E-state index contributed by atoms with van der Waals surface area (Å²) in [5, 5.41) is 0. The predicted molar refractivity (Wildman–Crippen MR) is 52.5 cm³/mol. The second kappa shape index (κ2) is 4.28. The van der Waals surface area contributed by atoms with E-state index in [4.69, 9.17) is 5.73 Å². The highest BCUT2D eigenvalue weighted by Gasteiger charge is 1.94. The van der Waals surface area contributed by atoms with E-state index in [1.165, 1.54) is 6.07 Å². The van der Waals surface area contributed by atoms with E-state index in [1.54, 1.807) is 13.0 Å². The third kappa shape index (κ3) is 2.79. The molecule has 1 aromatic heterocycles. The Bertz CT molecular complexity index is 463. The Labute approximate surface area is 81.1 Å². The monoisotopic (exact) mass is 190 g/mol. The zero-order valence-corrected chi connectivity index (χ0v) is 7.76. The molecule has 1 heterocycles. The van der Waals surface area contributed by atoms with Gasteiger partial charge in [-0.3, -0.25) is 9.59 Å². The smallest absolute Gasteiger partial charge is 0.248 e. The highest BCUT2D eigenvalue weighted by Crippen LogP contribution is 1.98. The van der Waals surface area contributed by atoms with Crippen LogP contribution in [0.5, 0.6) is 0 Å². The van der Waals surface area contributed by atoms with E-state index >= 15 is 0 Å². The molecule has 0 saturated carbocycles. The average Bonchev–Trinajstić information content (AvgIpc) is 2.08. The summed E-state index contributed by atoms with van der Waals surface area (Å²) in [5.74, 6) is 4.91. The van der Waals surface area contributed by atoms with Crippen LogP contribution in [0.4, 0.5) is 0 Å². The van der Waals surface area contributed by atoms with E-state index in [1.807, 2.05) is 0 Å². The van der Waals surface area contributed by atoms with Crippen molar-refractivity contribution < 1.29 is 4.79 Å². The number of aryl methyl sites for hydroxylation is 1. The Hall–Kier alpha value is -2.02. The summed E-state index contributed by atoms with van der Waals surface area (Å²) in [6.07, 6.45) is 0.0264. The van der Waals surface area contributed by atoms with Crippen molar-refractivity contribution in [3.05, 3.63) is 33.7 Å². The molecule has 0 unspecified atom stereocenters. The molecule has 0 bridgehead atoms. The highest BCUT2D eigenvalue weighted by atomic mass is 16.1. The first-order chi connectivity index (χ1) is 6.59. The van der Waals surface area contributed by atoms with Crippen molar-refractivity contribution in [2.24, 2.45) is 5.73 Å². The van der Waals surface area contributed by atoms with Gasteiger partial charge in [-0.2, -0.15) is 0 Å². The molecular weight excluding hydrogens is 180 g/mol. The molecular formula is C10H10N2O2. The van der Waals surface area contributed by atoms with E-state index in [-0.39, 0.29) is 12.0 Å². The van der Waals surface area contributed by atoms with Crippen molar-refractivity contribution in [2.75, 3.05) is 0 Å². The number of hydrogen-bond donors (Lipinski definition) is 2. The van der Waals surface area contributed by atoms with Crippen molar-refractivity contribution in [3.63, 3.8) is 0 Å². The Morgan fingerprint density at radius 3 is 2.86 bits per heavy atom. The number of H-pyrrole nitrogens is 1. The molecule has 3 N–H and O–H groups in total. The Morgan fingerprint density at radius 1 is 1.57 bits per heavy atom. The first-order valence-corrected chi connectivity index (χ1v) is 4.06. The normalized spacial score (nSPS) is 8.93. The van der Waals surface area contributed by atoms with E-state index < -0.39 is 5.91 Å². The average molecular weight is 190 g/mol. The molecule has 0 spiro atoms. The summed E-state index contributed by atoms with van der Waals surface area (Å²) in [6, 6.07) is 3.00. The zero-order chi connectivity index (χ0) is 10.6. The van der Waals surface area contributed by atoms with Crippen LogP contribution in [0.3, 0.4) is 0 Å². The van der Waals surface area contributed by atoms with Gasteiger partial charge in [-0.05, 0) is 13.0 Å². The number of rotatable bonds is 1. The van der Waals surface area contributed by atoms with E-state index in [9.17, 15) is 9.59 Å². The molecule has 4 nitrogen and oxygen atoms in total. The number of nitrogens with one attached hydrogen (secondary N) is 1. The Morgan fingerprint density at radius 2 is 2.29 bits per heavy atom. The number of pyridine rings is 1. The molecule has 0 atom stereocenters. The minimum atomic E-state index is -0.459. The molecule has 4 heteroatoms. The van der Waals surface area contributed by atoms with Crippen molar-refractivity contribution in [2.45, 2.75) is 13.3 Å². The lowest BCUT2D eigenvalue weighted by Gasteiger charge is -1.94. The summed E-state index contributed by atoms with van der Waals surface area (Å²) in [4.78, 5) is 23.8. The first-order valence-electron chi connectivity index (χ1n) is 4.06. The van der Waals surface area contributed by atoms with Gasteiger partial charge in [-0.25, -0.2) is 0 Å². The van der Waals surface area contributed by atoms with Gasteiger partial charge in [-0.1, -0.05) is 11.8 Å². The third-order valence-electron chi connectivity index (χ3n) is 1.60. The maximum Gasteiger partial charge on any atom is 0.248 e. The van der Waals surface area contributed by atoms with Gasteiger partial charge in [0.15, 0.2) is 0 Å². The van der Waals surface area contributed by atoms with Crippen LogP contribution < -0.4 is 11.3 Å². The van der Waals surface area contributed by atoms with Crippen LogP contribution in [0, 0.1) is 18.8 Å². The SMILES string of the molecule is Cc1[nH]c(=O)ccc1C#CCC(N)=O. The molecule has 0 aliphatic carbocycles. The van der Waals surface area contributed by atoms with Crippen molar-refractivity contribution in [1.29, 1.82) is 0 Å². The summed E-state index contributed by atoms with van der Waals surface area (Å²) < 4.78 is 0. The van der Waals surface area contributed by atoms with E-state index in [2.05, 4.69) is 16.8 Å². The van der Waals surface area contributed by atoms with Crippen molar-refractivity contribution in [3.8, 4) is 11.8 Å². The predicted octanol–water partition coefficient (Wildman–Crippen LogP) is -0.0898. The summed E-state index contributed by atoms with van der Waals surface area (Å²) in [5.41, 5.74) is 6.14. The number of aromatic amines is 1. The second-order valence-corrected chi connectivity index (χ2v) is 2.81. The van der Waals surface area contributed by atoms with Crippen molar-refractivity contribution in [1.82, 2.24) is 4.98 Å². The van der Waals surface area contributed by atoms with Gasteiger partial charge in [0.2, 0.25) is 11.5 Å². The number of amides is 1. The van der Waals surface area contributed by atoms with Crippen LogP contribution in [0.25, 0.3) is 0 Å². The Kier molecular flexibility index (Phi) is 3.08. The molecule has 0 fully saturated rings. The number of carbonyl (C=O) groups excluding carboxylic acids is 1. The lowest BCUT2D eigenvalue weighted by molar-refractivity contribution is -0.117. The fourth-order valence-electron chi connectivity index (χ4n) is 0.940. The number of hydrogen-bond acceptors (Lipinski definition) is 2. The molecule has 72 valence electrons. The van der Waals surface area contributed by atoms with Gasteiger partial charge >= 0.3 is 0 Å². The lowest BCUT2D eigenvalue weighted by atomic mass is 10.2. The van der Waals surface area contributed by atoms with Crippen LogP contribution >= 0.6 is 0 Å². The quantitative estimate of drug-likeness (QED) is 0.607. The topological polar surface area (TPSA) is 75.9 Å². The van der Waals surface area contributed by atoms with E-state index in [0.717, 1.165) is 0 Å². The summed E-state index contributed by atoms with van der Waals surface area (Å²) in [7, 11) is 0. The molecule has 0 aliphatic heterocycles. The molecule has 0 aromatic carbocycles. The second-order valence-electron chi connectivity index (χ2n) is 2.81. The fraction of sp³-hybridized carbons (Fsp3) is 0.200.